The highest BCUT2D eigenvalue weighted by atomic mass is 35.5. The molecule has 0 aromatic heterocycles. The van der Waals surface area contributed by atoms with Crippen LogP contribution in [0.25, 0.3) is 0 Å². The summed E-state index contributed by atoms with van der Waals surface area (Å²) in [6, 6.07) is 5.17. The molecule has 0 radical (unpaired) electrons. The van der Waals surface area contributed by atoms with Gasteiger partial charge in [-0.05, 0) is 37.4 Å². The second-order valence-electron chi connectivity index (χ2n) is 5.56. The lowest BCUT2D eigenvalue weighted by molar-refractivity contribution is 0.385. The van der Waals surface area contributed by atoms with Gasteiger partial charge in [0.05, 0.1) is 0 Å². The average Bonchev–Trinajstić information content (AvgIpc) is 2.88. The van der Waals surface area contributed by atoms with Crippen LogP contribution in [0.5, 0.6) is 0 Å². The number of hydrogen-bond acceptors (Lipinski definition) is 1. The Hall–Kier alpha value is -0.600. The van der Waals surface area contributed by atoms with E-state index in [1.54, 1.807) is 6.07 Å². The number of nitrogens with one attached hydrogen (secondary N) is 1. The molecule has 0 spiro atoms. The van der Waals surface area contributed by atoms with Gasteiger partial charge in [-0.3, -0.25) is 0 Å². The lowest BCUT2D eigenvalue weighted by atomic mass is 9.93. The summed E-state index contributed by atoms with van der Waals surface area (Å²) in [7, 11) is 0. The summed E-state index contributed by atoms with van der Waals surface area (Å²) in [4.78, 5) is 0. The van der Waals surface area contributed by atoms with Crippen LogP contribution in [-0.4, -0.2) is 6.54 Å². The van der Waals surface area contributed by atoms with Crippen molar-refractivity contribution in [1.29, 1.82) is 0 Å². The standard InChI is InChI=1S/C16H23ClFN/c1-2-9-19-16(10-12-5-3-4-6-12)14-8-7-13(17)11-15(14)18/h7-8,11-12,16,19H,2-6,9-10H2,1H3. The highest BCUT2D eigenvalue weighted by Gasteiger charge is 2.22. The van der Waals surface area contributed by atoms with E-state index in [1.807, 2.05) is 6.07 Å². The van der Waals surface area contributed by atoms with Gasteiger partial charge < -0.3 is 5.32 Å². The maximum absolute atomic E-state index is 14.1. The van der Waals surface area contributed by atoms with E-state index < -0.39 is 0 Å². The van der Waals surface area contributed by atoms with Crippen molar-refractivity contribution in [3.05, 3.63) is 34.6 Å². The van der Waals surface area contributed by atoms with Gasteiger partial charge >= 0.3 is 0 Å². The number of halogens is 2. The van der Waals surface area contributed by atoms with E-state index in [4.69, 9.17) is 11.6 Å². The summed E-state index contributed by atoms with van der Waals surface area (Å²) in [6.45, 7) is 3.07. The Morgan fingerprint density at radius 3 is 2.74 bits per heavy atom. The van der Waals surface area contributed by atoms with Gasteiger partial charge in [-0.1, -0.05) is 50.3 Å². The molecule has 1 aliphatic carbocycles. The minimum atomic E-state index is -0.181. The molecule has 3 heteroatoms. The van der Waals surface area contributed by atoms with Gasteiger partial charge in [0.2, 0.25) is 0 Å². The van der Waals surface area contributed by atoms with Crippen LogP contribution in [0.4, 0.5) is 4.39 Å². The van der Waals surface area contributed by atoms with Crippen LogP contribution in [0.1, 0.15) is 57.1 Å². The minimum Gasteiger partial charge on any atom is -0.310 e. The molecule has 0 bridgehead atoms. The zero-order valence-corrected chi connectivity index (χ0v) is 12.3. The summed E-state index contributed by atoms with van der Waals surface area (Å²) in [5.41, 5.74) is 0.768. The van der Waals surface area contributed by atoms with E-state index in [1.165, 1.54) is 31.7 Å². The molecule has 1 aromatic rings. The molecule has 0 saturated heterocycles. The topological polar surface area (TPSA) is 12.0 Å². The fraction of sp³-hybridized carbons (Fsp3) is 0.625. The highest BCUT2D eigenvalue weighted by Crippen LogP contribution is 2.34. The second-order valence-corrected chi connectivity index (χ2v) is 6.00. The smallest absolute Gasteiger partial charge is 0.129 e. The van der Waals surface area contributed by atoms with E-state index in [0.29, 0.717) is 5.02 Å². The number of hydrogen-bond donors (Lipinski definition) is 1. The molecular weight excluding hydrogens is 261 g/mol. The molecule has 0 heterocycles. The minimum absolute atomic E-state index is 0.125. The Bertz CT molecular complexity index is 402. The van der Waals surface area contributed by atoms with Gasteiger partial charge in [-0.15, -0.1) is 0 Å². The largest absolute Gasteiger partial charge is 0.310 e. The quantitative estimate of drug-likeness (QED) is 0.766. The molecule has 1 aromatic carbocycles. The van der Waals surface area contributed by atoms with Crippen LogP contribution in [-0.2, 0) is 0 Å². The SMILES string of the molecule is CCCNC(CC1CCCC1)c1ccc(Cl)cc1F. The van der Waals surface area contributed by atoms with Crippen LogP contribution in [0.15, 0.2) is 18.2 Å². The number of rotatable bonds is 6. The molecule has 1 unspecified atom stereocenters. The zero-order valence-electron chi connectivity index (χ0n) is 11.6. The van der Waals surface area contributed by atoms with Crippen LogP contribution in [0, 0.1) is 11.7 Å². The summed E-state index contributed by atoms with van der Waals surface area (Å²) >= 11 is 5.84. The Kier molecular flexibility index (Phi) is 5.65. The van der Waals surface area contributed by atoms with Crippen LogP contribution in [0.2, 0.25) is 5.02 Å². The molecule has 1 saturated carbocycles. The summed E-state index contributed by atoms with van der Waals surface area (Å²) in [5, 5.41) is 3.96. The van der Waals surface area contributed by atoms with Gasteiger partial charge in [0.25, 0.3) is 0 Å². The molecular formula is C16H23ClFN. The van der Waals surface area contributed by atoms with Gasteiger partial charge in [-0.2, -0.15) is 0 Å². The summed E-state index contributed by atoms with van der Waals surface area (Å²) in [6.07, 6.45) is 7.34. The first-order valence-corrected chi connectivity index (χ1v) is 7.76. The van der Waals surface area contributed by atoms with Gasteiger partial charge in [0.1, 0.15) is 5.82 Å². The highest BCUT2D eigenvalue weighted by molar-refractivity contribution is 6.30. The first kappa shape index (κ1) is 14.8. The first-order valence-electron chi connectivity index (χ1n) is 7.39. The molecule has 1 aliphatic rings. The Balaban J connectivity index is 2.10. The van der Waals surface area contributed by atoms with E-state index in [2.05, 4.69) is 12.2 Å². The number of benzene rings is 1. The lowest BCUT2D eigenvalue weighted by Crippen LogP contribution is -2.25. The van der Waals surface area contributed by atoms with Crippen molar-refractivity contribution >= 4 is 11.6 Å². The summed E-state index contributed by atoms with van der Waals surface area (Å²) < 4.78 is 14.1. The van der Waals surface area contributed by atoms with Crippen molar-refractivity contribution in [2.45, 2.75) is 51.5 Å². The maximum Gasteiger partial charge on any atom is 0.129 e. The summed E-state index contributed by atoms with van der Waals surface area (Å²) in [5.74, 6) is 0.559. The Morgan fingerprint density at radius 2 is 2.11 bits per heavy atom. The average molecular weight is 284 g/mol. The van der Waals surface area contributed by atoms with Crippen LogP contribution in [0.3, 0.4) is 0 Å². The fourth-order valence-corrected chi connectivity index (χ4v) is 3.16. The molecule has 19 heavy (non-hydrogen) atoms. The Morgan fingerprint density at radius 1 is 1.37 bits per heavy atom. The van der Waals surface area contributed by atoms with Crippen molar-refractivity contribution in [1.82, 2.24) is 5.32 Å². The van der Waals surface area contributed by atoms with Gasteiger partial charge in [0.15, 0.2) is 0 Å². The second kappa shape index (κ2) is 7.25. The third-order valence-electron chi connectivity index (χ3n) is 4.02. The third-order valence-corrected chi connectivity index (χ3v) is 4.26. The molecule has 1 fully saturated rings. The Labute approximate surface area is 120 Å². The lowest BCUT2D eigenvalue weighted by Gasteiger charge is -2.23. The zero-order chi connectivity index (χ0) is 13.7. The third kappa shape index (κ3) is 4.19. The monoisotopic (exact) mass is 283 g/mol. The molecule has 1 nitrogen and oxygen atoms in total. The van der Waals surface area contributed by atoms with Crippen molar-refractivity contribution in [3.8, 4) is 0 Å². The van der Waals surface area contributed by atoms with E-state index >= 15 is 0 Å². The van der Waals surface area contributed by atoms with Crippen molar-refractivity contribution in [3.63, 3.8) is 0 Å². The van der Waals surface area contributed by atoms with Gasteiger partial charge in [0, 0.05) is 16.6 Å². The van der Waals surface area contributed by atoms with E-state index in [9.17, 15) is 4.39 Å². The molecule has 1 atom stereocenters. The van der Waals surface area contributed by atoms with Gasteiger partial charge in [-0.25, -0.2) is 4.39 Å². The van der Waals surface area contributed by atoms with Crippen LogP contribution >= 0.6 is 11.6 Å². The van der Waals surface area contributed by atoms with Crippen molar-refractivity contribution < 1.29 is 4.39 Å². The first-order chi connectivity index (χ1) is 9.20. The molecule has 0 aliphatic heterocycles. The normalized spacial score (nSPS) is 17.8. The van der Waals surface area contributed by atoms with Crippen molar-refractivity contribution in [2.75, 3.05) is 6.54 Å². The molecule has 0 amide bonds. The maximum atomic E-state index is 14.1. The molecule has 2 rings (SSSR count). The molecule has 106 valence electrons. The predicted molar refractivity (Wildman–Crippen MR) is 79.0 cm³/mol. The molecule has 1 N–H and O–H groups in total. The predicted octanol–water partition coefficient (Wildman–Crippen LogP) is 5.10. The van der Waals surface area contributed by atoms with Crippen molar-refractivity contribution in [2.24, 2.45) is 5.92 Å². The fourth-order valence-electron chi connectivity index (χ4n) is 3.00. The van der Waals surface area contributed by atoms with Crippen LogP contribution < -0.4 is 5.32 Å². The van der Waals surface area contributed by atoms with E-state index in [0.717, 1.165) is 30.9 Å². The van der Waals surface area contributed by atoms with E-state index in [-0.39, 0.29) is 11.9 Å².